The van der Waals surface area contributed by atoms with E-state index < -0.39 is 18.0 Å². The van der Waals surface area contributed by atoms with Crippen LogP contribution >= 0.6 is 11.6 Å². The number of para-hydroxylation sites is 1. The van der Waals surface area contributed by atoms with Crippen molar-refractivity contribution in [1.82, 2.24) is 4.98 Å². The molecule has 0 aliphatic rings. The van der Waals surface area contributed by atoms with Crippen molar-refractivity contribution in [3.63, 3.8) is 0 Å². The molecule has 0 radical (unpaired) electrons. The van der Waals surface area contributed by atoms with Crippen LogP contribution in [-0.2, 0) is 9.53 Å². The summed E-state index contributed by atoms with van der Waals surface area (Å²) in [4.78, 5) is 30.1. The monoisotopic (exact) mass is 426 g/mol. The molecule has 0 saturated carbocycles. The Kier molecular flexibility index (Phi) is 6.57. The second kappa shape index (κ2) is 9.13. The van der Waals surface area contributed by atoms with Crippen LogP contribution in [0.4, 0.5) is 5.69 Å². The summed E-state index contributed by atoms with van der Waals surface area (Å²) in [7, 11) is 1.49. The number of pyridine rings is 1. The van der Waals surface area contributed by atoms with Gasteiger partial charge in [-0.2, -0.15) is 0 Å². The molecule has 156 valence electrons. The molecular weight excluding hydrogens is 404 g/mol. The first-order valence-electron chi connectivity index (χ1n) is 9.55. The average Bonchev–Trinajstić information content (AvgIpc) is 2.72. The van der Waals surface area contributed by atoms with E-state index in [0.717, 1.165) is 5.69 Å². The summed E-state index contributed by atoms with van der Waals surface area (Å²) >= 11 is 6.00. The molecule has 0 aliphatic heterocycles. The normalized spacial score (nSPS) is 11.9. The van der Waals surface area contributed by atoms with Crippen LogP contribution in [0.15, 0.2) is 48.5 Å². The Bertz CT molecular complexity index is 1100. The lowest BCUT2D eigenvalue weighted by atomic mass is 10.0. The van der Waals surface area contributed by atoms with Crippen molar-refractivity contribution in [2.45, 2.75) is 32.8 Å². The number of rotatable bonds is 6. The predicted molar refractivity (Wildman–Crippen MR) is 117 cm³/mol. The highest BCUT2D eigenvalue weighted by Gasteiger charge is 2.22. The number of aromatic nitrogens is 1. The molecule has 0 saturated heterocycles. The van der Waals surface area contributed by atoms with Gasteiger partial charge in [-0.25, -0.2) is 4.79 Å². The zero-order chi connectivity index (χ0) is 21.8. The van der Waals surface area contributed by atoms with Crippen LogP contribution in [0.3, 0.4) is 0 Å². The highest BCUT2D eigenvalue weighted by molar-refractivity contribution is 6.31. The lowest BCUT2D eigenvalue weighted by Crippen LogP contribution is -2.30. The number of benzene rings is 2. The van der Waals surface area contributed by atoms with Crippen molar-refractivity contribution >= 4 is 40.1 Å². The van der Waals surface area contributed by atoms with Crippen molar-refractivity contribution < 1.29 is 19.1 Å². The maximum Gasteiger partial charge on any atom is 0.339 e. The largest absolute Gasteiger partial charge is 0.495 e. The molecule has 0 bridgehead atoms. The standard InChI is InChI=1S/C23H23ClN2O4/c1-13(2)19-12-17(16-7-5-6-8-18(16)25-19)23(28)30-14(3)22(27)26-20-11-15(24)9-10-21(20)29-4/h5-14H,1-4H3,(H,26,27). The van der Waals surface area contributed by atoms with Gasteiger partial charge in [0.15, 0.2) is 6.10 Å². The Balaban J connectivity index is 1.82. The van der Waals surface area contributed by atoms with Crippen LogP contribution in [0.5, 0.6) is 5.75 Å². The van der Waals surface area contributed by atoms with Gasteiger partial charge in [0.1, 0.15) is 5.75 Å². The van der Waals surface area contributed by atoms with Crippen LogP contribution in [0.2, 0.25) is 5.02 Å². The number of methoxy groups -OCH3 is 1. The number of carbonyl (C=O) groups is 2. The summed E-state index contributed by atoms with van der Waals surface area (Å²) in [5.74, 6) is -0.493. The Hall–Kier alpha value is -3.12. The number of ether oxygens (including phenoxy) is 2. The minimum absolute atomic E-state index is 0.136. The molecular formula is C23H23ClN2O4. The van der Waals surface area contributed by atoms with Gasteiger partial charge >= 0.3 is 5.97 Å². The summed E-state index contributed by atoms with van der Waals surface area (Å²) in [5, 5.41) is 3.81. The van der Waals surface area contributed by atoms with Crippen LogP contribution in [-0.4, -0.2) is 30.1 Å². The Labute approximate surface area is 180 Å². The fraction of sp³-hybridized carbons (Fsp3) is 0.261. The third kappa shape index (κ3) is 4.71. The number of fused-ring (bicyclic) bond motifs is 1. The molecule has 1 amide bonds. The molecule has 1 N–H and O–H groups in total. The minimum Gasteiger partial charge on any atom is -0.495 e. The average molecular weight is 427 g/mol. The van der Waals surface area contributed by atoms with Gasteiger partial charge in [0.05, 0.1) is 23.9 Å². The first-order chi connectivity index (χ1) is 14.3. The van der Waals surface area contributed by atoms with Gasteiger partial charge in [0.25, 0.3) is 5.91 Å². The molecule has 1 unspecified atom stereocenters. The van der Waals surface area contributed by atoms with E-state index >= 15 is 0 Å². The van der Waals surface area contributed by atoms with Crippen molar-refractivity contribution in [2.75, 3.05) is 12.4 Å². The number of esters is 1. The zero-order valence-electron chi connectivity index (χ0n) is 17.2. The van der Waals surface area contributed by atoms with Crippen LogP contribution < -0.4 is 10.1 Å². The van der Waals surface area contributed by atoms with E-state index in [-0.39, 0.29) is 5.92 Å². The van der Waals surface area contributed by atoms with Gasteiger partial charge < -0.3 is 14.8 Å². The number of hydrogen-bond acceptors (Lipinski definition) is 5. The van der Waals surface area contributed by atoms with Gasteiger partial charge in [-0.05, 0) is 43.2 Å². The molecule has 7 heteroatoms. The Morgan fingerprint density at radius 3 is 2.50 bits per heavy atom. The van der Waals surface area contributed by atoms with Gasteiger partial charge in [0, 0.05) is 16.1 Å². The van der Waals surface area contributed by atoms with E-state index in [1.54, 1.807) is 24.3 Å². The first kappa shape index (κ1) is 21.6. The first-order valence-corrected chi connectivity index (χ1v) is 9.93. The van der Waals surface area contributed by atoms with E-state index in [4.69, 9.17) is 21.1 Å². The fourth-order valence-electron chi connectivity index (χ4n) is 2.95. The number of anilines is 1. The SMILES string of the molecule is COc1ccc(Cl)cc1NC(=O)C(C)OC(=O)c1cc(C(C)C)nc2ccccc12. The summed E-state index contributed by atoms with van der Waals surface area (Å²) < 4.78 is 10.7. The van der Waals surface area contributed by atoms with Gasteiger partial charge in [-0.1, -0.05) is 43.6 Å². The summed E-state index contributed by atoms with van der Waals surface area (Å²) in [6.45, 7) is 5.51. The topological polar surface area (TPSA) is 77.5 Å². The highest BCUT2D eigenvalue weighted by Crippen LogP contribution is 2.28. The Morgan fingerprint density at radius 1 is 1.07 bits per heavy atom. The fourth-order valence-corrected chi connectivity index (χ4v) is 3.12. The van der Waals surface area contributed by atoms with E-state index in [2.05, 4.69) is 10.3 Å². The van der Waals surface area contributed by atoms with Crippen LogP contribution in [0.25, 0.3) is 10.9 Å². The summed E-state index contributed by atoms with van der Waals surface area (Å²) in [6, 6.07) is 13.9. The smallest absolute Gasteiger partial charge is 0.339 e. The second-order valence-electron chi connectivity index (χ2n) is 7.15. The van der Waals surface area contributed by atoms with Crippen molar-refractivity contribution in [3.8, 4) is 5.75 Å². The molecule has 0 spiro atoms. The van der Waals surface area contributed by atoms with Gasteiger partial charge in [-0.3, -0.25) is 9.78 Å². The van der Waals surface area contributed by atoms with Crippen molar-refractivity contribution in [2.24, 2.45) is 0 Å². The van der Waals surface area contributed by atoms with Crippen molar-refractivity contribution in [1.29, 1.82) is 0 Å². The number of nitrogens with one attached hydrogen (secondary N) is 1. The van der Waals surface area contributed by atoms with E-state index in [1.807, 2.05) is 38.1 Å². The third-order valence-electron chi connectivity index (χ3n) is 4.62. The molecule has 1 aromatic heterocycles. The number of amides is 1. The summed E-state index contributed by atoms with van der Waals surface area (Å²) in [6.07, 6.45) is -1.03. The molecule has 30 heavy (non-hydrogen) atoms. The Morgan fingerprint density at radius 2 is 1.80 bits per heavy atom. The molecule has 1 heterocycles. The number of halogens is 1. The van der Waals surface area contributed by atoms with Crippen LogP contribution in [0, 0.1) is 0 Å². The van der Waals surface area contributed by atoms with Crippen molar-refractivity contribution in [3.05, 3.63) is 64.8 Å². The zero-order valence-corrected chi connectivity index (χ0v) is 18.0. The summed E-state index contributed by atoms with van der Waals surface area (Å²) in [5.41, 5.74) is 2.26. The van der Waals surface area contributed by atoms with E-state index in [0.29, 0.717) is 32.9 Å². The molecule has 3 aromatic rings. The number of hydrogen-bond donors (Lipinski definition) is 1. The highest BCUT2D eigenvalue weighted by atomic mass is 35.5. The maximum atomic E-state index is 12.9. The molecule has 1 atom stereocenters. The lowest BCUT2D eigenvalue weighted by molar-refractivity contribution is -0.123. The molecule has 6 nitrogen and oxygen atoms in total. The van der Waals surface area contributed by atoms with Gasteiger partial charge in [0.2, 0.25) is 0 Å². The van der Waals surface area contributed by atoms with Crippen LogP contribution in [0.1, 0.15) is 42.7 Å². The minimum atomic E-state index is -1.03. The lowest BCUT2D eigenvalue weighted by Gasteiger charge is -2.16. The molecule has 0 aliphatic carbocycles. The third-order valence-corrected chi connectivity index (χ3v) is 4.85. The van der Waals surface area contributed by atoms with E-state index in [9.17, 15) is 9.59 Å². The number of carbonyl (C=O) groups excluding carboxylic acids is 2. The molecule has 0 fully saturated rings. The van der Waals surface area contributed by atoms with E-state index in [1.165, 1.54) is 14.0 Å². The number of nitrogens with zero attached hydrogens (tertiary/aromatic N) is 1. The molecule has 3 rings (SSSR count). The maximum absolute atomic E-state index is 12.9. The van der Waals surface area contributed by atoms with Gasteiger partial charge in [-0.15, -0.1) is 0 Å². The molecule has 2 aromatic carbocycles. The predicted octanol–water partition coefficient (Wildman–Crippen LogP) is 5.20. The quantitative estimate of drug-likeness (QED) is 0.548. The second-order valence-corrected chi connectivity index (χ2v) is 7.58.